The lowest BCUT2D eigenvalue weighted by Crippen LogP contribution is -2.39. The number of benzene rings is 1. The molecule has 8 heteroatoms. The minimum Gasteiger partial charge on any atom is -0.276 e. The highest BCUT2D eigenvalue weighted by Crippen LogP contribution is 2.28. The zero-order valence-electron chi connectivity index (χ0n) is 15.9. The number of sulfonamides is 1. The lowest BCUT2D eigenvalue weighted by Gasteiger charge is -2.31. The van der Waals surface area contributed by atoms with Gasteiger partial charge in [-0.05, 0) is 38.3 Å². The fourth-order valence-corrected chi connectivity index (χ4v) is 4.73. The van der Waals surface area contributed by atoms with Gasteiger partial charge in [-0.25, -0.2) is 17.9 Å². The van der Waals surface area contributed by atoms with E-state index in [1.165, 1.54) is 14.4 Å². The zero-order valence-corrected chi connectivity index (χ0v) is 16.8. The largest absolute Gasteiger partial charge is 0.345 e. The Morgan fingerprint density at radius 2 is 1.93 bits per heavy atom. The van der Waals surface area contributed by atoms with Gasteiger partial charge in [0.2, 0.25) is 10.0 Å². The summed E-state index contributed by atoms with van der Waals surface area (Å²) in [6.07, 6.45) is 3.17. The molecule has 0 saturated carbocycles. The van der Waals surface area contributed by atoms with Crippen LogP contribution in [-0.2, 0) is 17.1 Å². The highest BCUT2D eigenvalue weighted by molar-refractivity contribution is 7.92. The molecule has 0 spiro atoms. The lowest BCUT2D eigenvalue weighted by molar-refractivity contribution is 0.304. The quantitative estimate of drug-likeness (QED) is 0.785. The predicted molar refractivity (Wildman–Crippen MR) is 106 cm³/mol. The third kappa shape index (κ3) is 4.22. The van der Waals surface area contributed by atoms with Gasteiger partial charge in [-0.1, -0.05) is 30.3 Å². The molecule has 0 amide bonds. The van der Waals surface area contributed by atoms with Crippen LogP contribution < -0.4 is 5.69 Å². The molecule has 1 atom stereocenters. The van der Waals surface area contributed by atoms with Gasteiger partial charge in [-0.3, -0.25) is 4.57 Å². The molecule has 2 heterocycles. The Morgan fingerprint density at radius 1 is 1.22 bits per heavy atom. The van der Waals surface area contributed by atoms with Crippen molar-refractivity contribution in [1.82, 2.24) is 18.7 Å². The molecule has 1 aromatic carbocycles. The molecule has 3 rings (SSSR count). The van der Waals surface area contributed by atoms with E-state index in [1.807, 2.05) is 44.2 Å². The Balaban J connectivity index is 1.83. The summed E-state index contributed by atoms with van der Waals surface area (Å²) in [6.45, 7) is 4.69. The van der Waals surface area contributed by atoms with E-state index in [1.54, 1.807) is 17.7 Å². The van der Waals surface area contributed by atoms with Gasteiger partial charge in [-0.15, -0.1) is 0 Å². The first-order valence-corrected chi connectivity index (χ1v) is 10.7. The molecule has 0 bridgehead atoms. The molecule has 27 heavy (non-hydrogen) atoms. The van der Waals surface area contributed by atoms with Crippen molar-refractivity contribution >= 4 is 16.1 Å². The SMILES string of the molecule is CC(C)n1c(C2CCCN(S(=O)(=O)/C=C/c3ccccc3)C2)nn(C)c1=O. The van der Waals surface area contributed by atoms with Gasteiger partial charge in [0.1, 0.15) is 5.82 Å². The molecule has 1 aliphatic rings. The van der Waals surface area contributed by atoms with Crippen LogP contribution in [0.2, 0.25) is 0 Å². The van der Waals surface area contributed by atoms with Crippen LogP contribution in [0.5, 0.6) is 0 Å². The maximum absolute atomic E-state index is 12.8. The van der Waals surface area contributed by atoms with Crippen molar-refractivity contribution in [2.24, 2.45) is 7.05 Å². The third-order valence-electron chi connectivity index (χ3n) is 4.84. The van der Waals surface area contributed by atoms with Gasteiger partial charge in [0.15, 0.2) is 0 Å². The number of aryl methyl sites for hydroxylation is 1. The Labute approximate surface area is 160 Å². The molecule has 1 unspecified atom stereocenters. The van der Waals surface area contributed by atoms with E-state index in [2.05, 4.69) is 5.10 Å². The fraction of sp³-hybridized carbons (Fsp3) is 0.474. The van der Waals surface area contributed by atoms with Crippen molar-refractivity contribution in [3.63, 3.8) is 0 Å². The summed E-state index contributed by atoms with van der Waals surface area (Å²) in [7, 11) is -1.90. The highest BCUT2D eigenvalue weighted by atomic mass is 32.2. The van der Waals surface area contributed by atoms with Crippen molar-refractivity contribution in [1.29, 1.82) is 0 Å². The van der Waals surface area contributed by atoms with Crippen molar-refractivity contribution < 1.29 is 8.42 Å². The van der Waals surface area contributed by atoms with E-state index in [0.717, 1.165) is 18.4 Å². The van der Waals surface area contributed by atoms with Gasteiger partial charge in [-0.2, -0.15) is 9.40 Å². The van der Waals surface area contributed by atoms with Crippen LogP contribution in [0, 0.1) is 0 Å². The third-order valence-corrected chi connectivity index (χ3v) is 6.37. The Hall–Kier alpha value is -2.19. The van der Waals surface area contributed by atoms with E-state index in [4.69, 9.17) is 0 Å². The second-order valence-corrected chi connectivity index (χ2v) is 9.00. The summed E-state index contributed by atoms with van der Waals surface area (Å²) in [5.41, 5.74) is 0.678. The Kier molecular flexibility index (Phi) is 5.67. The predicted octanol–water partition coefficient (Wildman–Crippen LogP) is 2.34. The van der Waals surface area contributed by atoms with Crippen LogP contribution in [0.1, 0.15) is 50.0 Å². The second-order valence-electron chi connectivity index (χ2n) is 7.18. The van der Waals surface area contributed by atoms with Crippen molar-refractivity contribution in [3.8, 4) is 0 Å². The standard InChI is InChI=1S/C19H26N4O3S/c1-15(2)23-18(20-21(3)19(23)24)17-10-7-12-22(14-17)27(25,26)13-11-16-8-5-4-6-9-16/h4-6,8-9,11,13,15,17H,7,10,12,14H2,1-3H3/b13-11+. The number of rotatable bonds is 5. The molecule has 1 fully saturated rings. The first-order chi connectivity index (χ1) is 12.8. The molecule has 146 valence electrons. The van der Waals surface area contributed by atoms with Crippen LogP contribution >= 0.6 is 0 Å². The smallest absolute Gasteiger partial charge is 0.276 e. The summed E-state index contributed by atoms with van der Waals surface area (Å²) in [4.78, 5) is 12.3. The van der Waals surface area contributed by atoms with Gasteiger partial charge in [0.25, 0.3) is 0 Å². The van der Waals surface area contributed by atoms with Crippen LogP contribution in [0.25, 0.3) is 6.08 Å². The molecule has 2 aromatic rings. The van der Waals surface area contributed by atoms with E-state index in [0.29, 0.717) is 18.9 Å². The van der Waals surface area contributed by atoms with E-state index in [-0.39, 0.29) is 17.6 Å². The highest BCUT2D eigenvalue weighted by Gasteiger charge is 2.32. The normalized spacial score (nSPS) is 19.2. The van der Waals surface area contributed by atoms with E-state index in [9.17, 15) is 13.2 Å². The monoisotopic (exact) mass is 390 g/mol. The van der Waals surface area contributed by atoms with Crippen molar-refractivity contribution in [2.75, 3.05) is 13.1 Å². The van der Waals surface area contributed by atoms with Gasteiger partial charge < -0.3 is 0 Å². The van der Waals surface area contributed by atoms with Crippen LogP contribution in [0.4, 0.5) is 0 Å². The van der Waals surface area contributed by atoms with Gasteiger partial charge in [0.05, 0.1) is 0 Å². The zero-order chi connectivity index (χ0) is 19.6. The summed E-state index contributed by atoms with van der Waals surface area (Å²) in [5, 5.41) is 5.66. The van der Waals surface area contributed by atoms with Crippen LogP contribution in [-0.4, -0.2) is 40.2 Å². The summed E-state index contributed by atoms with van der Waals surface area (Å²) < 4.78 is 30.0. The van der Waals surface area contributed by atoms with Gasteiger partial charge in [0, 0.05) is 37.5 Å². The summed E-state index contributed by atoms with van der Waals surface area (Å²) in [5.74, 6) is 0.583. The average Bonchev–Trinajstić information content (AvgIpc) is 2.96. The number of hydrogen-bond donors (Lipinski definition) is 0. The van der Waals surface area contributed by atoms with Crippen molar-refractivity contribution in [3.05, 3.63) is 57.6 Å². The summed E-state index contributed by atoms with van der Waals surface area (Å²) >= 11 is 0. The minimum absolute atomic E-state index is 0.0221. The van der Waals surface area contributed by atoms with E-state index >= 15 is 0 Å². The topological polar surface area (TPSA) is 77.2 Å². The molecule has 7 nitrogen and oxygen atoms in total. The molecular formula is C19H26N4O3S. The van der Waals surface area contributed by atoms with E-state index < -0.39 is 10.0 Å². The van der Waals surface area contributed by atoms with Gasteiger partial charge >= 0.3 is 5.69 Å². The summed E-state index contributed by atoms with van der Waals surface area (Å²) in [6, 6.07) is 9.33. The first kappa shape index (κ1) is 19.6. The maximum atomic E-state index is 12.8. The molecule has 0 aliphatic carbocycles. The Bertz CT molecular complexity index is 974. The molecule has 1 aromatic heterocycles. The fourth-order valence-electron chi connectivity index (χ4n) is 3.46. The number of hydrogen-bond acceptors (Lipinski definition) is 4. The minimum atomic E-state index is -3.53. The molecule has 0 radical (unpaired) electrons. The van der Waals surface area contributed by atoms with Crippen LogP contribution in [0.3, 0.4) is 0 Å². The maximum Gasteiger partial charge on any atom is 0.345 e. The number of piperidine rings is 1. The average molecular weight is 391 g/mol. The molecule has 0 N–H and O–H groups in total. The first-order valence-electron chi connectivity index (χ1n) is 9.18. The molecule has 1 saturated heterocycles. The number of nitrogens with zero attached hydrogens (tertiary/aromatic N) is 4. The van der Waals surface area contributed by atoms with Crippen LogP contribution in [0.15, 0.2) is 40.5 Å². The Morgan fingerprint density at radius 3 is 2.59 bits per heavy atom. The molecular weight excluding hydrogens is 364 g/mol. The lowest BCUT2D eigenvalue weighted by atomic mass is 9.98. The number of aromatic nitrogens is 3. The second kappa shape index (κ2) is 7.82. The molecule has 1 aliphatic heterocycles. The van der Waals surface area contributed by atoms with Crippen molar-refractivity contribution in [2.45, 2.75) is 38.6 Å².